The van der Waals surface area contributed by atoms with Crippen molar-refractivity contribution in [1.82, 2.24) is 4.90 Å². The first-order valence-corrected chi connectivity index (χ1v) is 6.82. The van der Waals surface area contributed by atoms with Gasteiger partial charge in [-0.05, 0) is 31.5 Å². The first-order valence-electron chi connectivity index (χ1n) is 6.06. The quantitative estimate of drug-likeness (QED) is 0.879. The van der Waals surface area contributed by atoms with Gasteiger partial charge in [0, 0.05) is 18.8 Å². The lowest BCUT2D eigenvalue weighted by atomic mass is 9.90. The molecule has 0 aliphatic carbocycles. The van der Waals surface area contributed by atoms with Crippen LogP contribution in [-0.4, -0.2) is 35.1 Å². The molecule has 1 unspecified atom stereocenters. The van der Waals surface area contributed by atoms with E-state index in [-0.39, 0.29) is 12.6 Å². The molecule has 1 aliphatic heterocycles. The van der Waals surface area contributed by atoms with Gasteiger partial charge in [0.05, 0.1) is 15.5 Å². The molecule has 0 bridgehead atoms. The van der Waals surface area contributed by atoms with E-state index < -0.39 is 11.4 Å². The van der Waals surface area contributed by atoms with Gasteiger partial charge in [0.25, 0.3) is 0 Å². The molecule has 108 valence electrons. The van der Waals surface area contributed by atoms with E-state index in [1.165, 1.54) is 4.90 Å². The van der Waals surface area contributed by atoms with Crippen LogP contribution in [-0.2, 0) is 4.79 Å². The van der Waals surface area contributed by atoms with Crippen LogP contribution in [0.1, 0.15) is 13.3 Å². The van der Waals surface area contributed by atoms with Gasteiger partial charge in [0.1, 0.15) is 0 Å². The first-order chi connectivity index (χ1) is 9.32. The molecule has 0 aromatic heterocycles. The van der Waals surface area contributed by atoms with Gasteiger partial charge in [0.15, 0.2) is 0 Å². The van der Waals surface area contributed by atoms with Crippen molar-refractivity contribution in [3.8, 4) is 0 Å². The van der Waals surface area contributed by atoms with Gasteiger partial charge in [-0.3, -0.25) is 4.79 Å². The third-order valence-electron chi connectivity index (χ3n) is 3.45. The van der Waals surface area contributed by atoms with Crippen molar-refractivity contribution < 1.29 is 14.7 Å². The summed E-state index contributed by atoms with van der Waals surface area (Å²) in [5, 5.41) is 12.6. The average molecular weight is 317 g/mol. The monoisotopic (exact) mass is 316 g/mol. The Morgan fingerprint density at radius 3 is 2.60 bits per heavy atom. The Hall–Kier alpha value is -1.46. The number of amides is 2. The Balaban J connectivity index is 2.03. The fourth-order valence-corrected chi connectivity index (χ4v) is 2.38. The van der Waals surface area contributed by atoms with Crippen LogP contribution in [0, 0.1) is 5.41 Å². The molecule has 5 nitrogen and oxygen atoms in total. The van der Waals surface area contributed by atoms with Gasteiger partial charge in [-0.15, -0.1) is 0 Å². The maximum absolute atomic E-state index is 12.1. The van der Waals surface area contributed by atoms with Gasteiger partial charge in [-0.25, -0.2) is 4.79 Å². The minimum Gasteiger partial charge on any atom is -0.481 e. The Morgan fingerprint density at radius 1 is 1.35 bits per heavy atom. The third-order valence-corrected chi connectivity index (χ3v) is 4.19. The van der Waals surface area contributed by atoms with E-state index in [1.807, 2.05) is 0 Å². The number of nitrogens with zero attached hydrogens (tertiary/aromatic N) is 1. The van der Waals surface area contributed by atoms with Crippen LogP contribution < -0.4 is 5.32 Å². The summed E-state index contributed by atoms with van der Waals surface area (Å²) in [6.07, 6.45) is 0.442. The maximum Gasteiger partial charge on any atom is 0.321 e. The number of likely N-dealkylation sites (tertiary alicyclic amines) is 1. The lowest BCUT2D eigenvalue weighted by Gasteiger charge is -2.20. The van der Waals surface area contributed by atoms with Gasteiger partial charge in [-0.2, -0.15) is 0 Å². The molecule has 1 aromatic rings. The smallest absolute Gasteiger partial charge is 0.321 e. The number of hydrogen-bond acceptors (Lipinski definition) is 2. The molecule has 2 rings (SSSR count). The van der Waals surface area contributed by atoms with Crippen LogP contribution in [0.25, 0.3) is 0 Å². The van der Waals surface area contributed by atoms with E-state index in [0.717, 1.165) is 0 Å². The number of halogens is 2. The number of carbonyl (C=O) groups excluding carboxylic acids is 1. The van der Waals surface area contributed by atoms with Gasteiger partial charge < -0.3 is 15.3 Å². The molecule has 1 heterocycles. The van der Waals surface area contributed by atoms with Crippen LogP contribution in [0.2, 0.25) is 10.0 Å². The van der Waals surface area contributed by atoms with E-state index in [4.69, 9.17) is 28.3 Å². The highest BCUT2D eigenvalue weighted by Gasteiger charge is 2.42. The fraction of sp³-hybridized carbons (Fsp3) is 0.385. The van der Waals surface area contributed by atoms with E-state index in [2.05, 4.69) is 5.32 Å². The number of hydrogen-bond donors (Lipinski definition) is 2. The molecule has 20 heavy (non-hydrogen) atoms. The van der Waals surface area contributed by atoms with Crippen molar-refractivity contribution in [1.29, 1.82) is 0 Å². The van der Waals surface area contributed by atoms with Crippen molar-refractivity contribution in [3.05, 3.63) is 28.2 Å². The summed E-state index contributed by atoms with van der Waals surface area (Å²) in [5.74, 6) is -0.887. The predicted octanol–water partition coefficient (Wildman–Crippen LogP) is 3.32. The molecule has 0 spiro atoms. The number of rotatable bonds is 2. The van der Waals surface area contributed by atoms with Crippen LogP contribution in [0.15, 0.2) is 18.2 Å². The second-order valence-electron chi connectivity index (χ2n) is 5.10. The fourth-order valence-electron chi connectivity index (χ4n) is 2.09. The Labute approximate surface area is 126 Å². The summed E-state index contributed by atoms with van der Waals surface area (Å²) >= 11 is 11.7. The van der Waals surface area contributed by atoms with Crippen molar-refractivity contribution >= 4 is 40.9 Å². The van der Waals surface area contributed by atoms with E-state index in [0.29, 0.717) is 28.7 Å². The minimum atomic E-state index is -0.887. The lowest BCUT2D eigenvalue weighted by Crippen LogP contribution is -2.37. The zero-order valence-corrected chi connectivity index (χ0v) is 12.3. The largest absolute Gasteiger partial charge is 0.481 e. The number of nitrogens with one attached hydrogen (secondary N) is 1. The normalized spacial score (nSPS) is 21.9. The number of benzene rings is 1. The first kappa shape index (κ1) is 14.9. The van der Waals surface area contributed by atoms with Crippen LogP contribution in [0.4, 0.5) is 10.5 Å². The van der Waals surface area contributed by atoms with Gasteiger partial charge in [-0.1, -0.05) is 23.2 Å². The van der Waals surface area contributed by atoms with Gasteiger partial charge in [0.2, 0.25) is 0 Å². The predicted molar refractivity (Wildman–Crippen MR) is 77.4 cm³/mol. The SMILES string of the molecule is CC1(C(=O)O)CCN(C(=O)Nc2ccc(Cl)c(Cl)c2)C1. The highest BCUT2D eigenvalue weighted by molar-refractivity contribution is 6.42. The number of carboxylic acid groups (broad SMARTS) is 1. The summed E-state index contributed by atoms with van der Waals surface area (Å²) in [4.78, 5) is 24.7. The van der Waals surface area contributed by atoms with Crippen molar-refractivity contribution in [3.63, 3.8) is 0 Å². The number of aliphatic carboxylic acids is 1. The molecule has 1 atom stereocenters. The summed E-state index contributed by atoms with van der Waals surface area (Å²) in [6, 6.07) is 4.44. The molecule has 2 amide bonds. The summed E-state index contributed by atoms with van der Waals surface area (Å²) in [6.45, 7) is 2.24. The molecule has 1 saturated heterocycles. The molecular weight excluding hydrogens is 303 g/mol. The summed E-state index contributed by atoms with van der Waals surface area (Å²) in [5.41, 5.74) is -0.358. The zero-order valence-electron chi connectivity index (χ0n) is 10.8. The minimum absolute atomic E-state index is 0.190. The second kappa shape index (κ2) is 5.50. The maximum atomic E-state index is 12.1. The topological polar surface area (TPSA) is 69.6 Å². The van der Waals surface area contributed by atoms with Crippen molar-refractivity contribution in [2.45, 2.75) is 13.3 Å². The Kier molecular flexibility index (Phi) is 4.11. The third kappa shape index (κ3) is 2.99. The highest BCUT2D eigenvalue weighted by atomic mass is 35.5. The van der Waals surface area contributed by atoms with Crippen LogP contribution in [0.5, 0.6) is 0 Å². The zero-order chi connectivity index (χ0) is 14.9. The standard InChI is InChI=1S/C13H14Cl2N2O3/c1-13(11(18)19)4-5-17(7-13)12(20)16-8-2-3-9(14)10(15)6-8/h2-3,6H,4-5,7H2,1H3,(H,16,20)(H,18,19). The van der Waals surface area contributed by atoms with E-state index in [1.54, 1.807) is 25.1 Å². The second-order valence-corrected chi connectivity index (χ2v) is 5.91. The van der Waals surface area contributed by atoms with E-state index in [9.17, 15) is 9.59 Å². The van der Waals surface area contributed by atoms with Gasteiger partial charge >= 0.3 is 12.0 Å². The lowest BCUT2D eigenvalue weighted by molar-refractivity contribution is -0.146. The number of carbonyl (C=O) groups is 2. The van der Waals surface area contributed by atoms with E-state index >= 15 is 0 Å². The highest BCUT2D eigenvalue weighted by Crippen LogP contribution is 2.31. The molecular formula is C13H14Cl2N2O3. The summed E-state index contributed by atoms with van der Waals surface area (Å²) < 4.78 is 0. The molecule has 1 aromatic carbocycles. The molecule has 0 radical (unpaired) electrons. The average Bonchev–Trinajstić information content (AvgIpc) is 2.78. The van der Waals surface area contributed by atoms with Crippen molar-refractivity contribution in [2.24, 2.45) is 5.41 Å². The van der Waals surface area contributed by atoms with Crippen LogP contribution in [0.3, 0.4) is 0 Å². The number of urea groups is 1. The summed E-state index contributed by atoms with van der Waals surface area (Å²) in [7, 11) is 0. The molecule has 0 saturated carbocycles. The molecule has 2 N–H and O–H groups in total. The number of anilines is 1. The van der Waals surface area contributed by atoms with Crippen molar-refractivity contribution in [2.75, 3.05) is 18.4 Å². The molecule has 7 heteroatoms. The van der Waals surface area contributed by atoms with Crippen LogP contribution >= 0.6 is 23.2 Å². The molecule has 1 aliphatic rings. The molecule has 1 fully saturated rings. The number of carboxylic acids is 1. The Morgan fingerprint density at radius 2 is 2.05 bits per heavy atom. The Bertz CT molecular complexity index is 565.